The molecule has 0 amide bonds. The number of fused-ring (bicyclic) bond motifs is 1. The smallest absolute Gasteiger partial charge is 0.290 e. The number of rotatable bonds is 1. The van der Waals surface area contributed by atoms with Crippen LogP contribution >= 0.6 is 0 Å². The average molecular weight is 279 g/mol. The number of hydrogen-bond donors (Lipinski definition) is 1. The van der Waals surface area contributed by atoms with Crippen LogP contribution in [0.1, 0.15) is 5.56 Å². The third-order valence-electron chi connectivity index (χ3n) is 2.82. The molecular formula is C13H8F3N3O. The van der Waals surface area contributed by atoms with Gasteiger partial charge < -0.3 is 0 Å². The van der Waals surface area contributed by atoms with Crippen molar-refractivity contribution >= 4 is 5.65 Å². The van der Waals surface area contributed by atoms with Gasteiger partial charge in [-0.15, -0.1) is 0 Å². The van der Waals surface area contributed by atoms with Crippen molar-refractivity contribution in [1.29, 1.82) is 0 Å². The zero-order valence-electron chi connectivity index (χ0n) is 9.98. The lowest BCUT2D eigenvalue weighted by molar-refractivity contribution is -0.137. The molecule has 20 heavy (non-hydrogen) atoms. The van der Waals surface area contributed by atoms with Crippen LogP contribution < -0.4 is 5.43 Å². The molecule has 0 fully saturated rings. The van der Waals surface area contributed by atoms with Gasteiger partial charge in [-0.3, -0.25) is 9.89 Å². The van der Waals surface area contributed by atoms with E-state index < -0.39 is 11.7 Å². The minimum absolute atomic E-state index is 0.216. The van der Waals surface area contributed by atoms with Crippen molar-refractivity contribution in [3.05, 3.63) is 58.4 Å². The molecule has 1 aromatic carbocycles. The maximum atomic E-state index is 12.7. The standard InChI is InChI=1S/C13H8F3N3O/c14-13(15,16)9-3-1-2-8(6-9)12-17-11-7-10(20)4-5-19(11)18-12/h1-7H,(H,17,18). The van der Waals surface area contributed by atoms with Gasteiger partial charge in [0.2, 0.25) is 0 Å². The number of nitrogens with one attached hydrogen (secondary N) is 1. The fourth-order valence-electron chi connectivity index (χ4n) is 1.88. The molecule has 1 N–H and O–H groups in total. The highest BCUT2D eigenvalue weighted by atomic mass is 19.4. The normalized spacial score (nSPS) is 11.9. The van der Waals surface area contributed by atoms with Crippen LogP contribution in [0.4, 0.5) is 13.2 Å². The summed E-state index contributed by atoms with van der Waals surface area (Å²) in [6.45, 7) is 0. The Balaban J connectivity index is 2.13. The van der Waals surface area contributed by atoms with Crippen LogP contribution in [-0.2, 0) is 6.18 Å². The second-order valence-corrected chi connectivity index (χ2v) is 4.24. The zero-order chi connectivity index (χ0) is 14.3. The monoisotopic (exact) mass is 279 g/mol. The summed E-state index contributed by atoms with van der Waals surface area (Å²) in [5.41, 5.74) is -0.307. The first-order valence-electron chi connectivity index (χ1n) is 5.69. The largest absolute Gasteiger partial charge is 0.416 e. The first kappa shape index (κ1) is 12.5. The molecule has 0 aliphatic heterocycles. The Morgan fingerprint density at radius 3 is 2.70 bits per heavy atom. The average Bonchev–Trinajstić information content (AvgIpc) is 2.81. The van der Waals surface area contributed by atoms with E-state index in [2.05, 4.69) is 10.1 Å². The van der Waals surface area contributed by atoms with Crippen molar-refractivity contribution in [2.24, 2.45) is 0 Å². The van der Waals surface area contributed by atoms with Gasteiger partial charge in [-0.2, -0.15) is 13.2 Å². The van der Waals surface area contributed by atoms with E-state index in [9.17, 15) is 18.0 Å². The van der Waals surface area contributed by atoms with Crippen LogP contribution in [0.2, 0.25) is 0 Å². The molecule has 0 aliphatic rings. The Morgan fingerprint density at radius 1 is 1.15 bits per heavy atom. The molecule has 3 rings (SSSR count). The van der Waals surface area contributed by atoms with E-state index in [0.717, 1.165) is 12.1 Å². The van der Waals surface area contributed by atoms with Gasteiger partial charge in [0.05, 0.1) is 5.56 Å². The second kappa shape index (κ2) is 4.22. The van der Waals surface area contributed by atoms with Crippen molar-refractivity contribution < 1.29 is 13.2 Å². The summed E-state index contributed by atoms with van der Waals surface area (Å²) in [6, 6.07) is 7.47. The first-order chi connectivity index (χ1) is 9.43. The number of hydrogen-bond acceptors (Lipinski definition) is 2. The third kappa shape index (κ3) is 2.18. The summed E-state index contributed by atoms with van der Waals surface area (Å²) in [7, 11) is 0. The van der Waals surface area contributed by atoms with E-state index >= 15 is 0 Å². The van der Waals surface area contributed by atoms with Crippen LogP contribution in [0.5, 0.6) is 0 Å². The number of benzene rings is 1. The zero-order valence-corrected chi connectivity index (χ0v) is 9.98. The summed E-state index contributed by atoms with van der Waals surface area (Å²) in [5.74, 6) is 0.265. The van der Waals surface area contributed by atoms with Crippen molar-refractivity contribution in [2.75, 3.05) is 0 Å². The highest BCUT2D eigenvalue weighted by Gasteiger charge is 2.30. The first-order valence-corrected chi connectivity index (χ1v) is 5.69. The predicted octanol–water partition coefficient (Wildman–Crippen LogP) is 2.71. The minimum atomic E-state index is -4.41. The van der Waals surface area contributed by atoms with Gasteiger partial charge in [-0.1, -0.05) is 12.1 Å². The number of nitrogens with zero attached hydrogens (tertiary/aromatic N) is 2. The molecule has 7 heteroatoms. The van der Waals surface area contributed by atoms with Gasteiger partial charge in [-0.05, 0) is 12.1 Å². The van der Waals surface area contributed by atoms with Gasteiger partial charge in [0.1, 0.15) is 0 Å². The molecule has 0 unspecified atom stereocenters. The number of alkyl halides is 3. The predicted molar refractivity (Wildman–Crippen MR) is 66.3 cm³/mol. The molecule has 3 aromatic rings. The summed E-state index contributed by atoms with van der Waals surface area (Å²) in [6.07, 6.45) is -2.93. The third-order valence-corrected chi connectivity index (χ3v) is 2.82. The van der Waals surface area contributed by atoms with E-state index in [1.807, 2.05) is 0 Å². The van der Waals surface area contributed by atoms with Crippen LogP contribution in [-0.4, -0.2) is 14.6 Å². The van der Waals surface area contributed by atoms with Crippen LogP contribution in [0.15, 0.2) is 47.4 Å². The Bertz CT molecular complexity index is 832. The minimum Gasteiger partial charge on any atom is -0.290 e. The summed E-state index contributed by atoms with van der Waals surface area (Å²) in [5, 5.41) is 2.82. The molecule has 102 valence electrons. The van der Waals surface area contributed by atoms with E-state index in [-0.39, 0.29) is 11.3 Å². The molecule has 4 nitrogen and oxygen atoms in total. The van der Waals surface area contributed by atoms with E-state index in [4.69, 9.17) is 0 Å². The van der Waals surface area contributed by atoms with Crippen LogP contribution in [0.3, 0.4) is 0 Å². The summed E-state index contributed by atoms with van der Waals surface area (Å²) >= 11 is 0. The molecule has 0 saturated carbocycles. The van der Waals surface area contributed by atoms with Crippen molar-refractivity contribution in [3.8, 4) is 11.4 Å². The molecule has 0 radical (unpaired) electrons. The molecule has 2 aromatic heterocycles. The van der Waals surface area contributed by atoms with Gasteiger partial charge >= 0.3 is 6.18 Å². The maximum Gasteiger partial charge on any atom is 0.416 e. The van der Waals surface area contributed by atoms with E-state index in [1.165, 1.54) is 35.0 Å². The van der Waals surface area contributed by atoms with Crippen LogP contribution in [0.25, 0.3) is 17.0 Å². The lowest BCUT2D eigenvalue weighted by Gasteiger charge is -2.07. The van der Waals surface area contributed by atoms with Crippen molar-refractivity contribution in [3.63, 3.8) is 0 Å². The van der Waals surface area contributed by atoms with Gasteiger partial charge in [0.15, 0.2) is 16.9 Å². The fourth-order valence-corrected chi connectivity index (χ4v) is 1.88. The van der Waals surface area contributed by atoms with Crippen molar-refractivity contribution in [2.45, 2.75) is 6.18 Å². The number of H-pyrrole nitrogens is 1. The van der Waals surface area contributed by atoms with Crippen LogP contribution in [0, 0.1) is 0 Å². The molecule has 0 spiro atoms. The van der Waals surface area contributed by atoms with E-state index in [1.54, 1.807) is 0 Å². The van der Waals surface area contributed by atoms with E-state index in [0.29, 0.717) is 11.2 Å². The number of pyridine rings is 1. The lowest BCUT2D eigenvalue weighted by Crippen LogP contribution is -2.04. The number of aromatic amines is 1. The topological polar surface area (TPSA) is 50.2 Å². The number of aromatic nitrogens is 3. The second-order valence-electron chi connectivity index (χ2n) is 4.24. The Labute approximate surface area is 110 Å². The molecule has 0 saturated heterocycles. The number of halogens is 3. The quantitative estimate of drug-likeness (QED) is 0.744. The highest BCUT2D eigenvalue weighted by Crippen LogP contribution is 2.31. The molecule has 0 atom stereocenters. The summed E-state index contributed by atoms with van der Waals surface area (Å²) < 4.78 is 39.5. The Hall–Kier alpha value is -2.57. The van der Waals surface area contributed by atoms with Crippen molar-refractivity contribution in [1.82, 2.24) is 14.6 Å². The summed E-state index contributed by atoms with van der Waals surface area (Å²) in [4.78, 5) is 15.3. The molecular weight excluding hydrogens is 271 g/mol. The van der Waals surface area contributed by atoms with Gasteiger partial charge in [0, 0.05) is 23.9 Å². The molecule has 2 heterocycles. The lowest BCUT2D eigenvalue weighted by atomic mass is 10.1. The molecule has 0 aliphatic carbocycles. The Kier molecular flexibility index (Phi) is 2.63. The highest BCUT2D eigenvalue weighted by molar-refractivity contribution is 5.59. The van der Waals surface area contributed by atoms with Gasteiger partial charge in [0.25, 0.3) is 0 Å². The Morgan fingerprint density at radius 2 is 1.95 bits per heavy atom. The maximum absolute atomic E-state index is 12.7. The van der Waals surface area contributed by atoms with Gasteiger partial charge in [-0.25, -0.2) is 9.50 Å². The fraction of sp³-hybridized carbons (Fsp3) is 0.0769. The SMILES string of the molecule is O=c1ccn2[nH]c(-c3cccc(C(F)(F)F)c3)nc2c1. The molecule has 0 bridgehead atoms.